The van der Waals surface area contributed by atoms with Crippen LogP contribution in [0.5, 0.6) is 5.75 Å². The molecule has 0 fully saturated rings. The number of ether oxygens (including phenoxy) is 1. The van der Waals surface area contributed by atoms with Crippen LogP contribution in [-0.4, -0.2) is 30.1 Å². The van der Waals surface area contributed by atoms with Gasteiger partial charge in [0.05, 0.1) is 0 Å². The van der Waals surface area contributed by atoms with Crippen molar-refractivity contribution < 1.29 is 19.4 Å². The Hall–Kier alpha value is -1.75. The highest BCUT2D eigenvalue weighted by molar-refractivity contribution is 6.30. The van der Waals surface area contributed by atoms with E-state index in [1.54, 1.807) is 24.3 Å². The molecule has 0 saturated carbocycles. The minimum atomic E-state index is -0.708. The second kappa shape index (κ2) is 13.5. The average molecular weight is 370 g/mol. The van der Waals surface area contributed by atoms with Crippen LogP contribution in [-0.2, 0) is 9.59 Å². The van der Waals surface area contributed by atoms with Gasteiger partial charge in [-0.2, -0.15) is 0 Å². The number of rotatable bonds is 14. The summed E-state index contributed by atoms with van der Waals surface area (Å²) >= 11 is 5.78. The van der Waals surface area contributed by atoms with E-state index >= 15 is 0 Å². The number of hydrogen-bond acceptors (Lipinski definition) is 3. The van der Waals surface area contributed by atoms with E-state index in [1.807, 2.05) is 0 Å². The van der Waals surface area contributed by atoms with Gasteiger partial charge < -0.3 is 15.2 Å². The molecule has 0 aromatic heterocycles. The summed E-state index contributed by atoms with van der Waals surface area (Å²) in [6, 6.07) is 6.91. The van der Waals surface area contributed by atoms with Crippen molar-refractivity contribution in [3.63, 3.8) is 0 Å². The first-order valence-electron chi connectivity index (χ1n) is 8.95. The molecule has 0 aliphatic carbocycles. The Bertz CT molecular complexity index is 505. The van der Waals surface area contributed by atoms with Crippen molar-refractivity contribution in [3.8, 4) is 5.75 Å². The lowest BCUT2D eigenvalue weighted by Gasteiger charge is -2.07. The number of carboxylic acid groups (broad SMARTS) is 1. The van der Waals surface area contributed by atoms with E-state index in [-0.39, 0.29) is 18.9 Å². The van der Waals surface area contributed by atoms with E-state index in [1.165, 1.54) is 6.42 Å². The van der Waals surface area contributed by atoms with E-state index in [0.29, 0.717) is 17.3 Å². The molecule has 1 aromatic carbocycles. The summed E-state index contributed by atoms with van der Waals surface area (Å²) in [4.78, 5) is 22.0. The van der Waals surface area contributed by atoms with Crippen LogP contribution in [0.2, 0.25) is 5.02 Å². The third-order valence-corrected chi connectivity index (χ3v) is 4.08. The molecule has 0 spiro atoms. The Morgan fingerprint density at radius 1 is 0.920 bits per heavy atom. The van der Waals surface area contributed by atoms with Crippen molar-refractivity contribution in [1.29, 1.82) is 0 Å². The molecule has 0 atom stereocenters. The quantitative estimate of drug-likeness (QED) is 0.475. The molecule has 6 heteroatoms. The molecule has 140 valence electrons. The molecule has 2 N–H and O–H groups in total. The number of halogens is 1. The van der Waals surface area contributed by atoms with E-state index in [4.69, 9.17) is 21.4 Å². The van der Waals surface area contributed by atoms with Crippen molar-refractivity contribution >= 4 is 23.5 Å². The number of benzene rings is 1. The SMILES string of the molecule is O=C(O)CCCCCCCCCCNC(=O)COc1ccc(Cl)cc1. The first-order chi connectivity index (χ1) is 12.1. The van der Waals surface area contributed by atoms with Gasteiger partial charge in [0.1, 0.15) is 5.75 Å². The van der Waals surface area contributed by atoms with Crippen LogP contribution in [0.4, 0.5) is 0 Å². The van der Waals surface area contributed by atoms with Crippen LogP contribution in [0.3, 0.4) is 0 Å². The predicted molar refractivity (Wildman–Crippen MR) is 99.1 cm³/mol. The highest BCUT2D eigenvalue weighted by atomic mass is 35.5. The highest BCUT2D eigenvalue weighted by Crippen LogP contribution is 2.15. The third-order valence-electron chi connectivity index (χ3n) is 3.82. The van der Waals surface area contributed by atoms with Gasteiger partial charge >= 0.3 is 5.97 Å². The Morgan fingerprint density at radius 3 is 2.08 bits per heavy atom. The lowest BCUT2D eigenvalue weighted by Crippen LogP contribution is -2.29. The van der Waals surface area contributed by atoms with Crippen LogP contribution in [0.1, 0.15) is 57.8 Å². The second-order valence-corrected chi connectivity index (χ2v) is 6.50. The van der Waals surface area contributed by atoms with Crippen LogP contribution in [0.25, 0.3) is 0 Å². The summed E-state index contributed by atoms with van der Waals surface area (Å²) in [5, 5.41) is 12.0. The first-order valence-corrected chi connectivity index (χ1v) is 9.32. The highest BCUT2D eigenvalue weighted by Gasteiger charge is 2.02. The van der Waals surface area contributed by atoms with Crippen molar-refractivity contribution in [2.24, 2.45) is 0 Å². The Balaban J connectivity index is 1.88. The van der Waals surface area contributed by atoms with Gasteiger partial charge in [-0.15, -0.1) is 0 Å². The van der Waals surface area contributed by atoms with E-state index in [9.17, 15) is 9.59 Å². The van der Waals surface area contributed by atoms with Gasteiger partial charge in [-0.1, -0.05) is 50.1 Å². The molecule has 1 amide bonds. The van der Waals surface area contributed by atoms with E-state index < -0.39 is 5.97 Å². The maximum atomic E-state index is 11.7. The summed E-state index contributed by atoms with van der Waals surface area (Å²) < 4.78 is 5.37. The van der Waals surface area contributed by atoms with Gasteiger partial charge in [-0.3, -0.25) is 9.59 Å². The Labute approximate surface area is 154 Å². The first kappa shape index (κ1) is 21.3. The van der Waals surface area contributed by atoms with Crippen LogP contribution in [0, 0.1) is 0 Å². The number of nitrogens with one attached hydrogen (secondary N) is 1. The minimum Gasteiger partial charge on any atom is -0.484 e. The smallest absolute Gasteiger partial charge is 0.303 e. The number of amides is 1. The molecule has 0 aliphatic rings. The van der Waals surface area contributed by atoms with Gasteiger partial charge in [-0.25, -0.2) is 0 Å². The molecule has 1 rings (SSSR count). The number of carbonyl (C=O) groups is 2. The van der Waals surface area contributed by atoms with Gasteiger partial charge in [0.2, 0.25) is 0 Å². The van der Waals surface area contributed by atoms with Crippen LogP contribution in [0.15, 0.2) is 24.3 Å². The lowest BCUT2D eigenvalue weighted by atomic mass is 10.1. The third kappa shape index (κ3) is 12.3. The zero-order valence-corrected chi connectivity index (χ0v) is 15.4. The summed E-state index contributed by atoms with van der Waals surface area (Å²) in [5.74, 6) is -0.197. The average Bonchev–Trinajstić information content (AvgIpc) is 2.59. The standard InChI is InChI=1S/C19H28ClNO4/c20-16-10-12-17(13-11-16)25-15-18(22)21-14-8-6-4-2-1-3-5-7-9-19(23)24/h10-13H,1-9,14-15H2,(H,21,22)(H,23,24). The normalized spacial score (nSPS) is 10.4. The summed E-state index contributed by atoms with van der Waals surface area (Å²) in [6.07, 6.45) is 8.68. The number of hydrogen-bond donors (Lipinski definition) is 2. The van der Waals surface area contributed by atoms with Gasteiger partial charge in [0.15, 0.2) is 6.61 Å². The monoisotopic (exact) mass is 369 g/mol. The molecule has 0 heterocycles. The summed E-state index contributed by atoms with van der Waals surface area (Å²) in [7, 11) is 0. The molecular weight excluding hydrogens is 342 g/mol. The van der Waals surface area contributed by atoms with Crippen molar-refractivity contribution in [1.82, 2.24) is 5.32 Å². The number of aliphatic carboxylic acids is 1. The predicted octanol–water partition coefficient (Wildman–Crippen LogP) is 4.43. The fraction of sp³-hybridized carbons (Fsp3) is 0.579. The maximum absolute atomic E-state index is 11.7. The summed E-state index contributed by atoms with van der Waals surface area (Å²) in [6.45, 7) is 0.680. The minimum absolute atomic E-state index is 0.0119. The molecule has 0 bridgehead atoms. The molecule has 0 saturated heterocycles. The molecular formula is C19H28ClNO4. The van der Waals surface area contributed by atoms with Crippen LogP contribution < -0.4 is 10.1 Å². The molecule has 25 heavy (non-hydrogen) atoms. The van der Waals surface area contributed by atoms with E-state index in [2.05, 4.69) is 5.32 Å². The van der Waals surface area contributed by atoms with Crippen LogP contribution >= 0.6 is 11.6 Å². The van der Waals surface area contributed by atoms with Crippen molar-refractivity contribution in [2.45, 2.75) is 57.8 Å². The molecule has 5 nitrogen and oxygen atoms in total. The zero-order chi connectivity index (χ0) is 18.3. The van der Waals surface area contributed by atoms with E-state index in [0.717, 1.165) is 44.9 Å². The Kier molecular flexibility index (Phi) is 11.5. The van der Waals surface area contributed by atoms with Crippen molar-refractivity contribution in [2.75, 3.05) is 13.2 Å². The summed E-state index contributed by atoms with van der Waals surface area (Å²) in [5.41, 5.74) is 0. The molecule has 0 unspecified atom stereocenters. The number of unbranched alkanes of at least 4 members (excludes halogenated alkanes) is 7. The van der Waals surface area contributed by atoms with Gasteiger partial charge in [-0.05, 0) is 37.1 Å². The second-order valence-electron chi connectivity index (χ2n) is 6.06. The topological polar surface area (TPSA) is 75.6 Å². The van der Waals surface area contributed by atoms with Gasteiger partial charge in [0.25, 0.3) is 5.91 Å². The molecule has 0 aliphatic heterocycles. The largest absolute Gasteiger partial charge is 0.484 e. The van der Waals surface area contributed by atoms with Gasteiger partial charge in [0, 0.05) is 18.0 Å². The zero-order valence-electron chi connectivity index (χ0n) is 14.6. The van der Waals surface area contributed by atoms with Crippen molar-refractivity contribution in [3.05, 3.63) is 29.3 Å². The fourth-order valence-electron chi connectivity index (χ4n) is 2.42. The lowest BCUT2D eigenvalue weighted by molar-refractivity contribution is -0.137. The number of carboxylic acids is 1. The molecule has 1 aromatic rings. The molecule has 0 radical (unpaired) electrons. The maximum Gasteiger partial charge on any atom is 0.303 e. The Morgan fingerprint density at radius 2 is 1.48 bits per heavy atom. The number of carbonyl (C=O) groups excluding carboxylic acids is 1. The fourth-order valence-corrected chi connectivity index (χ4v) is 2.55.